The van der Waals surface area contributed by atoms with Crippen LogP contribution in [0.1, 0.15) is 17.5 Å². The van der Waals surface area contributed by atoms with Crippen LogP contribution in [0.4, 0.5) is 0 Å². The molecule has 0 saturated heterocycles. The number of fused-ring (bicyclic) bond motifs is 6. The Balaban J connectivity index is 2.10. The monoisotopic (exact) mass is 269 g/mol. The lowest BCUT2D eigenvalue weighted by atomic mass is 9.97. The number of hydrogen-bond donors (Lipinski definition) is 1. The minimum absolute atomic E-state index is 1.01. The van der Waals surface area contributed by atoms with Crippen LogP contribution in [-0.2, 0) is 6.42 Å². The van der Waals surface area contributed by atoms with Crippen molar-refractivity contribution in [2.24, 2.45) is 0 Å². The zero-order valence-electron chi connectivity index (χ0n) is 11.7. The molecule has 3 aromatic rings. The normalized spacial score (nSPS) is 14.9. The molecule has 0 atom stereocenters. The van der Waals surface area contributed by atoms with Gasteiger partial charge in [0, 0.05) is 16.1 Å². The summed E-state index contributed by atoms with van der Waals surface area (Å²) in [5.74, 6) is 0. The Kier molecular flexibility index (Phi) is 2.12. The first-order valence-corrected chi connectivity index (χ1v) is 7.52. The van der Waals surface area contributed by atoms with Gasteiger partial charge in [-0.1, -0.05) is 54.6 Å². The number of aromatic nitrogens is 1. The molecule has 1 aromatic heterocycles. The smallest absolute Gasteiger partial charge is 0.0506 e. The lowest BCUT2D eigenvalue weighted by molar-refractivity contribution is 1.20. The quantitative estimate of drug-likeness (QED) is 0.646. The Bertz CT molecular complexity index is 1130. The number of benzene rings is 2. The van der Waals surface area contributed by atoms with Crippen molar-refractivity contribution < 1.29 is 0 Å². The zero-order chi connectivity index (χ0) is 13.8. The predicted octanol–water partition coefficient (Wildman–Crippen LogP) is 2.99. The van der Waals surface area contributed by atoms with E-state index < -0.39 is 0 Å². The molecule has 0 radical (unpaired) electrons. The van der Waals surface area contributed by atoms with Crippen molar-refractivity contribution in [3.63, 3.8) is 0 Å². The minimum Gasteiger partial charge on any atom is -0.354 e. The average molecular weight is 269 g/mol. The first kappa shape index (κ1) is 11.2. The van der Waals surface area contributed by atoms with Gasteiger partial charge in [0.15, 0.2) is 0 Å². The molecule has 0 unspecified atom stereocenters. The third kappa shape index (κ3) is 1.46. The fraction of sp³-hybridized carbons (Fsp3) is 0.100. The number of hydrogen-bond acceptors (Lipinski definition) is 0. The molecule has 5 rings (SSSR count). The molecule has 1 nitrogen and oxygen atoms in total. The molecule has 0 aliphatic heterocycles. The van der Waals surface area contributed by atoms with Crippen molar-refractivity contribution >= 4 is 29.1 Å². The van der Waals surface area contributed by atoms with Gasteiger partial charge in [0.05, 0.1) is 5.35 Å². The largest absolute Gasteiger partial charge is 0.354 e. The van der Waals surface area contributed by atoms with Crippen molar-refractivity contribution in [1.82, 2.24) is 4.98 Å². The van der Waals surface area contributed by atoms with Crippen LogP contribution in [0.5, 0.6) is 0 Å². The third-order valence-corrected chi connectivity index (χ3v) is 4.65. The van der Waals surface area contributed by atoms with Gasteiger partial charge in [-0.2, -0.15) is 0 Å². The van der Waals surface area contributed by atoms with Gasteiger partial charge >= 0.3 is 0 Å². The molecular weight excluding hydrogens is 254 g/mol. The molecule has 21 heavy (non-hydrogen) atoms. The molecule has 0 spiro atoms. The van der Waals surface area contributed by atoms with E-state index in [9.17, 15) is 0 Å². The molecule has 0 bridgehead atoms. The van der Waals surface area contributed by atoms with Crippen LogP contribution in [0.2, 0.25) is 0 Å². The number of H-pyrrole nitrogens is 1. The molecular formula is C20H15N. The standard InChI is InChI=1S/C20H15N/c1-3-7-15-13(5-1)10-12-18-19(15)17-11-9-14-6-2-4-8-16(14)20(17)21-18/h1-2,4-10,12,21H,3,11H2. The summed E-state index contributed by atoms with van der Waals surface area (Å²) < 4.78 is 0. The van der Waals surface area contributed by atoms with Gasteiger partial charge in [0.1, 0.15) is 0 Å². The molecule has 2 aromatic carbocycles. The van der Waals surface area contributed by atoms with Crippen LogP contribution in [0.25, 0.3) is 29.1 Å². The van der Waals surface area contributed by atoms with Gasteiger partial charge in [-0.3, -0.25) is 0 Å². The fourth-order valence-corrected chi connectivity index (χ4v) is 3.69. The van der Waals surface area contributed by atoms with Gasteiger partial charge in [0.2, 0.25) is 0 Å². The summed E-state index contributed by atoms with van der Waals surface area (Å²) in [4.78, 5) is 3.66. The van der Waals surface area contributed by atoms with Crippen molar-refractivity contribution in [1.29, 1.82) is 0 Å². The van der Waals surface area contributed by atoms with E-state index in [1.807, 2.05) is 0 Å². The topological polar surface area (TPSA) is 15.8 Å². The van der Waals surface area contributed by atoms with E-state index >= 15 is 0 Å². The van der Waals surface area contributed by atoms with E-state index in [0.717, 1.165) is 12.8 Å². The van der Waals surface area contributed by atoms with E-state index in [4.69, 9.17) is 0 Å². The second-order valence-corrected chi connectivity index (χ2v) is 5.81. The van der Waals surface area contributed by atoms with E-state index in [1.54, 1.807) is 0 Å². The molecule has 100 valence electrons. The van der Waals surface area contributed by atoms with E-state index in [0.29, 0.717) is 0 Å². The van der Waals surface area contributed by atoms with Gasteiger partial charge in [0.25, 0.3) is 0 Å². The second-order valence-electron chi connectivity index (χ2n) is 5.81. The summed E-state index contributed by atoms with van der Waals surface area (Å²) >= 11 is 0. The summed E-state index contributed by atoms with van der Waals surface area (Å²) in [6.45, 7) is 0. The molecule has 1 heterocycles. The summed E-state index contributed by atoms with van der Waals surface area (Å²) in [5.41, 5.74) is 4.05. The highest BCUT2D eigenvalue weighted by atomic mass is 14.7. The van der Waals surface area contributed by atoms with Gasteiger partial charge in [-0.25, -0.2) is 0 Å². The first-order chi connectivity index (χ1) is 10.4. The summed E-state index contributed by atoms with van der Waals surface area (Å²) in [6, 6.07) is 13.1. The molecule has 1 heteroatoms. The van der Waals surface area contributed by atoms with Crippen molar-refractivity contribution in [2.75, 3.05) is 0 Å². The molecule has 2 aliphatic carbocycles. The highest BCUT2D eigenvalue weighted by Crippen LogP contribution is 2.22. The molecule has 0 saturated carbocycles. The van der Waals surface area contributed by atoms with Crippen LogP contribution in [0.3, 0.4) is 0 Å². The Labute approximate surface area is 122 Å². The SMILES string of the molecule is C1=Cc2ccc3[nH]c4c(c3c2=CC1)CC=c1ccccc1=4. The maximum Gasteiger partial charge on any atom is 0.0506 e. The van der Waals surface area contributed by atoms with Gasteiger partial charge in [-0.05, 0) is 40.5 Å². The Morgan fingerprint density at radius 2 is 1.90 bits per heavy atom. The van der Waals surface area contributed by atoms with Crippen molar-refractivity contribution in [3.8, 4) is 0 Å². The van der Waals surface area contributed by atoms with Crippen molar-refractivity contribution in [3.05, 3.63) is 74.6 Å². The average Bonchev–Trinajstić information content (AvgIpc) is 2.94. The number of aromatic amines is 1. The molecule has 2 aliphatic rings. The highest BCUT2D eigenvalue weighted by molar-refractivity contribution is 5.88. The maximum absolute atomic E-state index is 3.66. The predicted molar refractivity (Wildman–Crippen MR) is 87.9 cm³/mol. The van der Waals surface area contributed by atoms with E-state index in [1.165, 1.54) is 43.0 Å². The number of rotatable bonds is 0. The van der Waals surface area contributed by atoms with Crippen LogP contribution in [0.15, 0.2) is 42.5 Å². The zero-order valence-corrected chi connectivity index (χ0v) is 11.7. The lowest BCUT2D eigenvalue weighted by Crippen LogP contribution is -2.12. The number of nitrogens with one attached hydrogen (secondary N) is 1. The van der Waals surface area contributed by atoms with Crippen LogP contribution in [-0.4, -0.2) is 4.98 Å². The summed E-state index contributed by atoms with van der Waals surface area (Å²) in [7, 11) is 0. The van der Waals surface area contributed by atoms with Gasteiger partial charge in [-0.15, -0.1) is 0 Å². The van der Waals surface area contributed by atoms with Crippen LogP contribution < -0.4 is 10.4 Å². The molecule has 0 fully saturated rings. The third-order valence-electron chi connectivity index (χ3n) is 4.65. The minimum atomic E-state index is 1.01. The Hall–Kier alpha value is -2.54. The molecule has 1 N–H and O–H groups in total. The Morgan fingerprint density at radius 3 is 2.90 bits per heavy atom. The van der Waals surface area contributed by atoms with Crippen molar-refractivity contribution in [2.45, 2.75) is 12.8 Å². The lowest BCUT2D eigenvalue weighted by Gasteiger charge is -2.06. The number of allylic oxidation sites excluding steroid dienone is 1. The maximum atomic E-state index is 3.66. The molecule has 0 amide bonds. The van der Waals surface area contributed by atoms with Gasteiger partial charge < -0.3 is 4.98 Å². The second kappa shape index (κ2) is 3.98. The summed E-state index contributed by atoms with van der Waals surface area (Å²) in [5, 5.41) is 6.79. The highest BCUT2D eigenvalue weighted by Gasteiger charge is 2.12. The fourth-order valence-electron chi connectivity index (χ4n) is 3.69. The first-order valence-electron chi connectivity index (χ1n) is 7.52. The van der Waals surface area contributed by atoms with E-state index in [2.05, 4.69) is 65.7 Å². The summed E-state index contributed by atoms with van der Waals surface area (Å²) in [6.07, 6.45) is 11.2. The van der Waals surface area contributed by atoms with Crippen LogP contribution >= 0.6 is 0 Å². The Morgan fingerprint density at radius 1 is 0.952 bits per heavy atom. The van der Waals surface area contributed by atoms with E-state index in [-0.39, 0.29) is 0 Å². The van der Waals surface area contributed by atoms with Crippen LogP contribution in [0, 0.1) is 10.6 Å².